The lowest BCUT2D eigenvalue weighted by Gasteiger charge is -2.12. The Labute approximate surface area is 70.4 Å². The molecule has 0 radical (unpaired) electrons. The Morgan fingerprint density at radius 3 is 2.67 bits per heavy atom. The summed E-state index contributed by atoms with van der Waals surface area (Å²) in [5.74, 6) is 0.0144. The molecule has 1 aliphatic rings. The highest BCUT2D eigenvalue weighted by atomic mass is 19.1. The smallest absolute Gasteiger partial charge is 0.146 e. The summed E-state index contributed by atoms with van der Waals surface area (Å²) < 4.78 is 12.9. The second-order valence-corrected chi connectivity index (χ2v) is 3.24. The summed E-state index contributed by atoms with van der Waals surface area (Å²) in [4.78, 5) is 0. The third-order valence-corrected chi connectivity index (χ3v) is 2.19. The van der Waals surface area contributed by atoms with Crippen LogP contribution in [0, 0.1) is 5.82 Å². The molecule has 0 amide bonds. The van der Waals surface area contributed by atoms with Crippen molar-refractivity contribution in [3.05, 3.63) is 29.2 Å². The van der Waals surface area contributed by atoms with Crippen LogP contribution >= 0.6 is 0 Å². The van der Waals surface area contributed by atoms with E-state index in [1.54, 1.807) is 0 Å². The van der Waals surface area contributed by atoms with Gasteiger partial charge in [-0.1, -0.05) is 11.6 Å². The highest BCUT2D eigenvalue weighted by Crippen LogP contribution is 2.44. The molecule has 3 N–H and O–H groups in total. The minimum atomic E-state index is -0.395. The molecule has 0 spiro atoms. The van der Waals surface area contributed by atoms with Crippen LogP contribution < -0.4 is 5.73 Å². The molecule has 2 nitrogen and oxygen atoms in total. The normalized spacial score (nSPS) is 16.4. The molecule has 0 aliphatic heterocycles. The summed E-state index contributed by atoms with van der Waals surface area (Å²) in [7, 11) is 0. The SMILES string of the molecule is [NH-]c1cc(N)c(F)cc1C1CC1. The van der Waals surface area contributed by atoms with Crippen molar-refractivity contribution in [2.24, 2.45) is 0 Å². The summed E-state index contributed by atoms with van der Waals surface area (Å²) in [6.07, 6.45) is 2.16. The van der Waals surface area contributed by atoms with Crippen molar-refractivity contribution in [1.29, 1.82) is 0 Å². The zero-order chi connectivity index (χ0) is 8.72. The number of nitrogens with two attached hydrogens (primary N) is 1. The Kier molecular flexibility index (Phi) is 1.46. The fourth-order valence-corrected chi connectivity index (χ4v) is 1.34. The molecule has 1 saturated carbocycles. The van der Waals surface area contributed by atoms with E-state index in [0.717, 1.165) is 18.4 Å². The van der Waals surface area contributed by atoms with Crippen LogP contribution in [-0.4, -0.2) is 0 Å². The van der Waals surface area contributed by atoms with E-state index in [-0.39, 0.29) is 5.69 Å². The maximum Gasteiger partial charge on any atom is 0.146 e. The van der Waals surface area contributed by atoms with E-state index in [1.165, 1.54) is 12.1 Å². The number of nitrogens with one attached hydrogen (secondary N) is 1. The first-order chi connectivity index (χ1) is 5.68. The predicted octanol–water partition coefficient (Wildman–Crippen LogP) is 2.97. The van der Waals surface area contributed by atoms with Gasteiger partial charge < -0.3 is 11.5 Å². The zero-order valence-corrected chi connectivity index (χ0v) is 6.60. The second-order valence-electron chi connectivity index (χ2n) is 3.24. The predicted molar refractivity (Wildman–Crippen MR) is 46.8 cm³/mol. The molecule has 0 unspecified atom stereocenters. The number of hydrogen-bond acceptors (Lipinski definition) is 1. The van der Waals surface area contributed by atoms with Gasteiger partial charge in [-0.3, -0.25) is 0 Å². The maximum absolute atomic E-state index is 12.9. The van der Waals surface area contributed by atoms with Crippen LogP contribution in [0.15, 0.2) is 12.1 Å². The minimum Gasteiger partial charge on any atom is -0.698 e. The minimum absolute atomic E-state index is 0.0735. The summed E-state index contributed by atoms with van der Waals surface area (Å²) in [5, 5.41) is 0. The Morgan fingerprint density at radius 2 is 2.08 bits per heavy atom. The van der Waals surface area contributed by atoms with Crippen LogP contribution in [0.3, 0.4) is 0 Å². The summed E-state index contributed by atoms with van der Waals surface area (Å²) in [5.41, 5.74) is 14.1. The number of rotatable bonds is 1. The van der Waals surface area contributed by atoms with Crippen molar-refractivity contribution >= 4 is 11.4 Å². The fraction of sp³-hybridized carbons (Fsp3) is 0.333. The molecule has 0 heterocycles. The van der Waals surface area contributed by atoms with Gasteiger partial charge in [-0.15, -0.1) is 5.69 Å². The largest absolute Gasteiger partial charge is 0.698 e. The summed E-state index contributed by atoms with van der Waals surface area (Å²) in [6, 6.07) is 2.79. The Balaban J connectivity index is 2.47. The van der Waals surface area contributed by atoms with Crippen molar-refractivity contribution in [1.82, 2.24) is 0 Å². The van der Waals surface area contributed by atoms with Gasteiger partial charge in [0.05, 0.1) is 5.69 Å². The lowest BCUT2D eigenvalue weighted by atomic mass is 10.1. The monoisotopic (exact) mass is 165 g/mol. The molecule has 0 bridgehead atoms. The van der Waals surface area contributed by atoms with Crippen LogP contribution in [0.5, 0.6) is 0 Å². The number of anilines is 1. The molecule has 3 heteroatoms. The molecule has 1 aromatic carbocycles. The van der Waals surface area contributed by atoms with Gasteiger partial charge in [-0.25, -0.2) is 4.39 Å². The van der Waals surface area contributed by atoms with Crippen molar-refractivity contribution in [2.45, 2.75) is 18.8 Å². The number of halogens is 1. The van der Waals surface area contributed by atoms with E-state index < -0.39 is 5.82 Å². The zero-order valence-electron chi connectivity index (χ0n) is 6.60. The first-order valence-electron chi connectivity index (χ1n) is 3.99. The maximum atomic E-state index is 12.9. The van der Waals surface area contributed by atoms with E-state index in [0.29, 0.717) is 11.6 Å². The molecule has 64 valence electrons. The van der Waals surface area contributed by atoms with E-state index >= 15 is 0 Å². The number of hydrogen-bond donors (Lipinski definition) is 1. The van der Waals surface area contributed by atoms with Gasteiger partial charge in [0.2, 0.25) is 0 Å². The average molecular weight is 165 g/mol. The van der Waals surface area contributed by atoms with Gasteiger partial charge in [0.25, 0.3) is 0 Å². The average Bonchev–Trinajstić information content (AvgIpc) is 2.79. The quantitative estimate of drug-likeness (QED) is 0.639. The highest BCUT2D eigenvalue weighted by molar-refractivity contribution is 5.62. The van der Waals surface area contributed by atoms with Gasteiger partial charge in [0, 0.05) is 0 Å². The molecule has 2 rings (SSSR count). The van der Waals surface area contributed by atoms with Crippen LogP contribution in [0.25, 0.3) is 5.73 Å². The van der Waals surface area contributed by atoms with Gasteiger partial charge in [-0.05, 0) is 24.8 Å². The summed E-state index contributed by atoms with van der Waals surface area (Å²) in [6.45, 7) is 0. The van der Waals surface area contributed by atoms with Crippen molar-refractivity contribution in [3.8, 4) is 0 Å². The van der Waals surface area contributed by atoms with E-state index in [9.17, 15) is 4.39 Å². The van der Waals surface area contributed by atoms with Crippen LogP contribution in [0.1, 0.15) is 24.3 Å². The van der Waals surface area contributed by atoms with Gasteiger partial charge in [-0.2, -0.15) is 0 Å². The third-order valence-electron chi connectivity index (χ3n) is 2.19. The summed E-state index contributed by atoms with van der Waals surface area (Å²) >= 11 is 0. The van der Waals surface area contributed by atoms with Crippen LogP contribution in [0.4, 0.5) is 15.8 Å². The van der Waals surface area contributed by atoms with E-state index in [4.69, 9.17) is 11.5 Å². The fourth-order valence-electron chi connectivity index (χ4n) is 1.34. The number of benzene rings is 1. The molecule has 12 heavy (non-hydrogen) atoms. The Morgan fingerprint density at radius 1 is 1.42 bits per heavy atom. The molecule has 1 fully saturated rings. The molecule has 0 aromatic heterocycles. The lowest BCUT2D eigenvalue weighted by Crippen LogP contribution is -1.92. The van der Waals surface area contributed by atoms with Gasteiger partial charge in [0.1, 0.15) is 5.82 Å². The molecule has 1 aliphatic carbocycles. The van der Waals surface area contributed by atoms with Gasteiger partial charge >= 0.3 is 0 Å². The van der Waals surface area contributed by atoms with Crippen molar-refractivity contribution in [3.63, 3.8) is 0 Å². The third kappa shape index (κ3) is 1.11. The molecular formula is C9H10FN2-. The Hall–Kier alpha value is -1.25. The standard InChI is InChI=1S/C9H10FN2/c10-7-3-6(5-1-2-5)8(11)4-9(7)12/h3-5,11H,1-2,12H2/q-1. The van der Waals surface area contributed by atoms with Crippen LogP contribution in [0.2, 0.25) is 0 Å². The van der Waals surface area contributed by atoms with Gasteiger partial charge in [0.15, 0.2) is 0 Å². The molecule has 0 saturated heterocycles. The van der Waals surface area contributed by atoms with E-state index in [1.807, 2.05) is 0 Å². The molecule has 1 aromatic rings. The second kappa shape index (κ2) is 2.37. The van der Waals surface area contributed by atoms with Crippen molar-refractivity contribution in [2.75, 3.05) is 5.73 Å². The first kappa shape index (κ1) is 7.40. The first-order valence-corrected chi connectivity index (χ1v) is 3.99. The topological polar surface area (TPSA) is 49.8 Å². The molecular weight excluding hydrogens is 155 g/mol. The van der Waals surface area contributed by atoms with E-state index in [2.05, 4.69) is 0 Å². The Bertz CT molecular complexity index is 319. The number of nitrogen functional groups attached to an aromatic ring is 1. The van der Waals surface area contributed by atoms with Crippen molar-refractivity contribution < 1.29 is 4.39 Å². The highest BCUT2D eigenvalue weighted by Gasteiger charge is 2.24. The molecule has 0 atom stereocenters. The lowest BCUT2D eigenvalue weighted by molar-refractivity contribution is 0.630. The van der Waals surface area contributed by atoms with Crippen LogP contribution in [-0.2, 0) is 0 Å².